The van der Waals surface area contributed by atoms with Gasteiger partial charge in [0.25, 0.3) is 0 Å². The molecule has 1 aromatic rings. The van der Waals surface area contributed by atoms with Crippen LogP contribution in [0, 0.1) is 0 Å². The highest BCUT2D eigenvalue weighted by Crippen LogP contribution is 2.39. The Hall–Kier alpha value is -1.22. The molecule has 0 heterocycles. The van der Waals surface area contributed by atoms with Crippen LogP contribution in [0.25, 0.3) is 0 Å². The maximum Gasteiger partial charge on any atom is 0.163 e. The molecule has 3 nitrogen and oxygen atoms in total. The molecule has 1 aliphatic carbocycles. The van der Waals surface area contributed by atoms with E-state index in [2.05, 4.69) is 6.07 Å². The highest BCUT2D eigenvalue weighted by molar-refractivity contribution is 5.46. The monoisotopic (exact) mass is 235 g/mol. The molecule has 0 radical (unpaired) electrons. The van der Waals surface area contributed by atoms with Crippen molar-refractivity contribution in [1.29, 1.82) is 0 Å². The Bertz CT molecular complexity index is 386. The van der Waals surface area contributed by atoms with Gasteiger partial charge in [0.2, 0.25) is 0 Å². The van der Waals surface area contributed by atoms with Gasteiger partial charge in [0.1, 0.15) is 0 Å². The van der Waals surface area contributed by atoms with Crippen molar-refractivity contribution in [2.24, 2.45) is 5.73 Å². The quantitative estimate of drug-likeness (QED) is 0.824. The average molecular weight is 235 g/mol. The van der Waals surface area contributed by atoms with E-state index >= 15 is 0 Å². The maximum absolute atomic E-state index is 6.11. The van der Waals surface area contributed by atoms with Crippen LogP contribution in [0.2, 0.25) is 0 Å². The predicted molar refractivity (Wildman–Crippen MR) is 68.6 cm³/mol. The number of ether oxygens (including phenoxy) is 2. The summed E-state index contributed by atoms with van der Waals surface area (Å²) < 4.78 is 11.0. The van der Waals surface area contributed by atoms with E-state index in [-0.39, 0.29) is 5.54 Å². The minimum absolute atomic E-state index is 0.0899. The van der Waals surface area contributed by atoms with Gasteiger partial charge < -0.3 is 15.2 Å². The number of nitrogens with two attached hydrogens (primary N) is 1. The summed E-state index contributed by atoms with van der Waals surface area (Å²) in [5.74, 6) is 1.69. The Labute approximate surface area is 103 Å². The molecular formula is C14H21NO2. The fourth-order valence-corrected chi connectivity index (χ4v) is 2.05. The van der Waals surface area contributed by atoms with Gasteiger partial charge in [0.05, 0.1) is 13.7 Å². The number of para-hydroxylation sites is 1. The summed E-state index contributed by atoms with van der Waals surface area (Å²) in [6, 6.07) is 6.05. The van der Waals surface area contributed by atoms with Gasteiger partial charge in [-0.3, -0.25) is 0 Å². The van der Waals surface area contributed by atoms with Gasteiger partial charge in [-0.2, -0.15) is 0 Å². The molecule has 1 saturated carbocycles. The second kappa shape index (κ2) is 4.96. The van der Waals surface area contributed by atoms with E-state index in [0.29, 0.717) is 6.61 Å². The van der Waals surface area contributed by atoms with Crippen molar-refractivity contribution in [2.75, 3.05) is 13.7 Å². The van der Waals surface area contributed by atoms with Gasteiger partial charge in [-0.05, 0) is 44.2 Å². The van der Waals surface area contributed by atoms with Crippen molar-refractivity contribution in [3.8, 4) is 11.5 Å². The van der Waals surface area contributed by atoms with Crippen LogP contribution in [0.1, 0.15) is 31.7 Å². The molecule has 1 aliphatic rings. The molecule has 3 heteroatoms. The fraction of sp³-hybridized carbons (Fsp3) is 0.571. The molecule has 0 atom stereocenters. The summed E-state index contributed by atoms with van der Waals surface area (Å²) in [6.45, 7) is 2.63. The van der Waals surface area contributed by atoms with Crippen LogP contribution >= 0.6 is 0 Å². The van der Waals surface area contributed by atoms with Gasteiger partial charge in [-0.15, -0.1) is 0 Å². The SMILES string of the molecule is CCOc1cccc(CCC2(N)CC2)c1OC. The summed E-state index contributed by atoms with van der Waals surface area (Å²) >= 11 is 0. The summed E-state index contributed by atoms with van der Waals surface area (Å²) in [7, 11) is 1.69. The molecule has 17 heavy (non-hydrogen) atoms. The summed E-state index contributed by atoms with van der Waals surface area (Å²) in [4.78, 5) is 0. The Balaban J connectivity index is 2.11. The molecular weight excluding hydrogens is 214 g/mol. The van der Waals surface area contributed by atoms with E-state index < -0.39 is 0 Å². The number of rotatable bonds is 6. The topological polar surface area (TPSA) is 44.5 Å². The first-order chi connectivity index (χ1) is 8.18. The number of methoxy groups -OCH3 is 1. The second-order valence-electron chi connectivity index (χ2n) is 4.74. The van der Waals surface area contributed by atoms with Crippen molar-refractivity contribution >= 4 is 0 Å². The normalized spacial score (nSPS) is 16.6. The van der Waals surface area contributed by atoms with Gasteiger partial charge >= 0.3 is 0 Å². The molecule has 0 bridgehead atoms. The fourth-order valence-electron chi connectivity index (χ4n) is 2.05. The lowest BCUT2D eigenvalue weighted by atomic mass is 10.0. The van der Waals surface area contributed by atoms with Crippen LogP contribution in [0.3, 0.4) is 0 Å². The molecule has 0 amide bonds. The number of hydrogen-bond donors (Lipinski definition) is 1. The highest BCUT2D eigenvalue weighted by atomic mass is 16.5. The Morgan fingerprint density at radius 2 is 2.12 bits per heavy atom. The van der Waals surface area contributed by atoms with Gasteiger partial charge in [0.15, 0.2) is 11.5 Å². The van der Waals surface area contributed by atoms with Crippen molar-refractivity contribution in [3.05, 3.63) is 23.8 Å². The van der Waals surface area contributed by atoms with Crippen LogP contribution in [-0.4, -0.2) is 19.3 Å². The van der Waals surface area contributed by atoms with Crippen molar-refractivity contribution < 1.29 is 9.47 Å². The van der Waals surface area contributed by atoms with Crippen molar-refractivity contribution in [2.45, 2.75) is 38.1 Å². The van der Waals surface area contributed by atoms with E-state index in [9.17, 15) is 0 Å². The van der Waals surface area contributed by atoms with E-state index in [4.69, 9.17) is 15.2 Å². The number of benzene rings is 1. The lowest BCUT2D eigenvalue weighted by Gasteiger charge is -2.15. The third kappa shape index (κ3) is 2.91. The molecule has 2 N–H and O–H groups in total. The minimum atomic E-state index is 0.0899. The molecule has 0 unspecified atom stereocenters. The summed E-state index contributed by atoms with van der Waals surface area (Å²) in [5, 5.41) is 0. The summed E-state index contributed by atoms with van der Waals surface area (Å²) in [5.41, 5.74) is 7.39. The standard InChI is InChI=1S/C14H21NO2/c1-3-17-12-6-4-5-11(13(12)16-2)7-8-14(15)9-10-14/h4-6H,3,7-10,15H2,1-2H3. The molecule has 1 fully saturated rings. The molecule has 0 aromatic heterocycles. The van der Waals surface area contributed by atoms with Crippen LogP contribution in [0.15, 0.2) is 18.2 Å². The number of hydrogen-bond acceptors (Lipinski definition) is 3. The Kier molecular flexibility index (Phi) is 3.57. The molecule has 94 valence electrons. The van der Waals surface area contributed by atoms with Crippen LogP contribution in [-0.2, 0) is 6.42 Å². The molecule has 1 aromatic carbocycles. The van der Waals surface area contributed by atoms with E-state index in [1.165, 1.54) is 5.56 Å². The first-order valence-corrected chi connectivity index (χ1v) is 6.26. The van der Waals surface area contributed by atoms with Crippen molar-refractivity contribution in [1.82, 2.24) is 0 Å². The highest BCUT2D eigenvalue weighted by Gasteiger charge is 2.37. The van der Waals surface area contributed by atoms with E-state index in [0.717, 1.165) is 37.2 Å². The largest absolute Gasteiger partial charge is 0.493 e. The first kappa shape index (κ1) is 12.2. The minimum Gasteiger partial charge on any atom is -0.493 e. The van der Waals surface area contributed by atoms with Crippen LogP contribution < -0.4 is 15.2 Å². The molecule has 0 spiro atoms. The molecule has 2 rings (SSSR count). The smallest absolute Gasteiger partial charge is 0.163 e. The lowest BCUT2D eigenvalue weighted by Crippen LogP contribution is -2.22. The Morgan fingerprint density at radius 3 is 2.71 bits per heavy atom. The predicted octanol–water partition coefficient (Wildman–Crippen LogP) is 2.52. The summed E-state index contributed by atoms with van der Waals surface area (Å²) in [6.07, 6.45) is 4.29. The third-order valence-electron chi connectivity index (χ3n) is 3.35. The van der Waals surface area contributed by atoms with Crippen LogP contribution in [0.4, 0.5) is 0 Å². The third-order valence-corrected chi connectivity index (χ3v) is 3.35. The van der Waals surface area contributed by atoms with Gasteiger partial charge in [0, 0.05) is 5.54 Å². The maximum atomic E-state index is 6.11. The zero-order valence-electron chi connectivity index (χ0n) is 10.7. The molecule has 0 aliphatic heterocycles. The average Bonchev–Trinajstić information content (AvgIpc) is 3.06. The zero-order valence-corrected chi connectivity index (χ0v) is 10.7. The van der Waals surface area contributed by atoms with E-state index in [1.54, 1.807) is 7.11 Å². The number of aryl methyl sites for hydroxylation is 1. The molecule has 0 saturated heterocycles. The Morgan fingerprint density at radius 1 is 1.35 bits per heavy atom. The zero-order chi connectivity index (χ0) is 12.3. The van der Waals surface area contributed by atoms with E-state index in [1.807, 2.05) is 19.1 Å². The first-order valence-electron chi connectivity index (χ1n) is 6.26. The van der Waals surface area contributed by atoms with Gasteiger partial charge in [-0.25, -0.2) is 0 Å². The van der Waals surface area contributed by atoms with Gasteiger partial charge in [-0.1, -0.05) is 12.1 Å². The second-order valence-corrected chi connectivity index (χ2v) is 4.74. The van der Waals surface area contributed by atoms with Crippen molar-refractivity contribution in [3.63, 3.8) is 0 Å². The lowest BCUT2D eigenvalue weighted by molar-refractivity contribution is 0.309. The van der Waals surface area contributed by atoms with Crippen LogP contribution in [0.5, 0.6) is 11.5 Å².